The molecule has 0 amide bonds. The summed E-state index contributed by atoms with van der Waals surface area (Å²) in [5, 5.41) is 0. The van der Waals surface area contributed by atoms with E-state index in [9.17, 15) is 13.6 Å². The third kappa shape index (κ3) is 2.94. The molecule has 1 aromatic carbocycles. The summed E-state index contributed by atoms with van der Waals surface area (Å²) in [5.74, 6) is -1.73. The molecule has 0 atom stereocenters. The lowest BCUT2D eigenvalue weighted by atomic mass is 10.1. The molecule has 0 fully saturated rings. The van der Waals surface area contributed by atoms with Gasteiger partial charge in [0.15, 0.2) is 5.78 Å². The molecule has 0 spiro atoms. The molecule has 0 unspecified atom stereocenters. The fraction of sp³-hybridized carbons (Fsp3) is 0.154. The Labute approximate surface area is 103 Å². The van der Waals surface area contributed by atoms with E-state index >= 15 is 0 Å². The summed E-state index contributed by atoms with van der Waals surface area (Å²) in [6, 6.07) is 3.02. The van der Waals surface area contributed by atoms with Gasteiger partial charge in [-0.15, -0.1) is 0 Å². The molecule has 18 heavy (non-hydrogen) atoms. The van der Waals surface area contributed by atoms with Crippen LogP contribution < -0.4 is 0 Å². The molecule has 1 heterocycles. The van der Waals surface area contributed by atoms with E-state index in [-0.39, 0.29) is 23.5 Å². The molecule has 92 valence electrons. The van der Waals surface area contributed by atoms with Gasteiger partial charge in [-0.3, -0.25) is 9.78 Å². The van der Waals surface area contributed by atoms with Gasteiger partial charge in [0.2, 0.25) is 0 Å². The lowest BCUT2D eigenvalue weighted by Crippen LogP contribution is -2.07. The van der Waals surface area contributed by atoms with E-state index in [0.717, 1.165) is 18.2 Å². The van der Waals surface area contributed by atoms with Gasteiger partial charge in [0, 0.05) is 18.7 Å². The maximum atomic E-state index is 13.0. The van der Waals surface area contributed by atoms with Crippen LogP contribution in [0.25, 0.3) is 0 Å². The molecule has 1 aromatic heterocycles. The molecule has 0 radical (unpaired) electrons. The summed E-state index contributed by atoms with van der Waals surface area (Å²) in [5.41, 5.74) is 1.16. The van der Waals surface area contributed by atoms with Crippen molar-refractivity contribution in [3.8, 4) is 0 Å². The number of hydrogen-bond donors (Lipinski definition) is 0. The molecule has 0 saturated heterocycles. The van der Waals surface area contributed by atoms with Crippen LogP contribution in [0.15, 0.2) is 30.6 Å². The second-order valence-electron chi connectivity index (χ2n) is 3.92. The lowest BCUT2D eigenvalue weighted by Gasteiger charge is -2.02. The highest BCUT2D eigenvalue weighted by Gasteiger charge is 2.10. The molecule has 0 saturated carbocycles. The van der Waals surface area contributed by atoms with Gasteiger partial charge in [0.25, 0.3) is 0 Å². The summed E-state index contributed by atoms with van der Waals surface area (Å²) in [7, 11) is 0. The summed E-state index contributed by atoms with van der Waals surface area (Å²) >= 11 is 0. The van der Waals surface area contributed by atoms with Crippen LogP contribution in [-0.2, 0) is 6.42 Å². The highest BCUT2D eigenvalue weighted by molar-refractivity contribution is 5.95. The first-order chi connectivity index (χ1) is 8.54. The maximum Gasteiger partial charge on any atom is 0.187 e. The number of halogens is 2. The number of nitrogens with zero attached hydrogens (tertiary/aromatic N) is 2. The molecule has 0 aliphatic rings. The van der Waals surface area contributed by atoms with Crippen LogP contribution in [0.1, 0.15) is 21.7 Å². The van der Waals surface area contributed by atoms with Crippen molar-refractivity contribution in [2.24, 2.45) is 0 Å². The zero-order valence-corrected chi connectivity index (χ0v) is 9.65. The van der Waals surface area contributed by atoms with E-state index in [2.05, 4.69) is 9.97 Å². The van der Waals surface area contributed by atoms with Gasteiger partial charge in [-0.05, 0) is 24.6 Å². The van der Waals surface area contributed by atoms with Crippen molar-refractivity contribution in [2.45, 2.75) is 13.3 Å². The van der Waals surface area contributed by atoms with Crippen LogP contribution in [0.5, 0.6) is 0 Å². The molecule has 2 rings (SSSR count). The summed E-state index contributed by atoms with van der Waals surface area (Å²) in [6.45, 7) is 1.75. The molecule has 3 nitrogen and oxygen atoms in total. The Kier molecular flexibility index (Phi) is 3.41. The van der Waals surface area contributed by atoms with Crippen LogP contribution >= 0.6 is 0 Å². The minimum atomic E-state index is -0.701. The minimum absolute atomic E-state index is 0.105. The highest BCUT2D eigenvalue weighted by atomic mass is 19.1. The van der Waals surface area contributed by atoms with Crippen molar-refractivity contribution < 1.29 is 13.6 Å². The molecular weight excluding hydrogens is 238 g/mol. The van der Waals surface area contributed by atoms with E-state index in [0.29, 0.717) is 5.69 Å². The first-order valence-corrected chi connectivity index (χ1v) is 5.31. The van der Waals surface area contributed by atoms with Crippen molar-refractivity contribution in [1.29, 1.82) is 0 Å². The topological polar surface area (TPSA) is 42.9 Å². The number of aromatic nitrogens is 2. The van der Waals surface area contributed by atoms with Crippen LogP contribution in [0.2, 0.25) is 0 Å². The summed E-state index contributed by atoms with van der Waals surface area (Å²) in [4.78, 5) is 19.7. The number of carbonyl (C=O) groups excluding carboxylic acids is 1. The molecule has 5 heteroatoms. The number of ketones is 1. The van der Waals surface area contributed by atoms with E-state index in [1.54, 1.807) is 6.92 Å². The third-order valence-electron chi connectivity index (χ3n) is 2.35. The first-order valence-electron chi connectivity index (χ1n) is 5.31. The predicted octanol–water partition coefficient (Wildman–Crippen LogP) is 2.49. The van der Waals surface area contributed by atoms with Crippen LogP contribution in [-0.4, -0.2) is 15.8 Å². The van der Waals surface area contributed by atoms with Crippen molar-refractivity contribution >= 4 is 5.78 Å². The highest BCUT2D eigenvalue weighted by Crippen LogP contribution is 2.10. The fourth-order valence-electron chi connectivity index (χ4n) is 1.53. The van der Waals surface area contributed by atoms with Crippen molar-refractivity contribution in [1.82, 2.24) is 9.97 Å². The normalized spacial score (nSPS) is 10.4. The quantitative estimate of drug-likeness (QED) is 0.784. The average molecular weight is 248 g/mol. The number of rotatable bonds is 3. The fourth-order valence-corrected chi connectivity index (χ4v) is 1.53. The van der Waals surface area contributed by atoms with E-state index in [1.807, 2.05) is 0 Å². The Bertz CT molecular complexity index is 562. The number of hydrogen-bond acceptors (Lipinski definition) is 3. The van der Waals surface area contributed by atoms with Crippen molar-refractivity contribution in [2.75, 3.05) is 0 Å². The SMILES string of the molecule is Cc1cnc(C(=O)Cc2cc(F)cc(F)c2)cn1. The van der Waals surface area contributed by atoms with Crippen LogP contribution in [0, 0.1) is 18.6 Å². The largest absolute Gasteiger partial charge is 0.292 e. The second kappa shape index (κ2) is 5.00. The van der Waals surface area contributed by atoms with E-state index < -0.39 is 11.6 Å². The second-order valence-corrected chi connectivity index (χ2v) is 3.92. The molecule has 0 aliphatic heterocycles. The van der Waals surface area contributed by atoms with Gasteiger partial charge in [-0.1, -0.05) is 0 Å². The molecule has 2 aromatic rings. The smallest absolute Gasteiger partial charge is 0.187 e. The monoisotopic (exact) mass is 248 g/mol. The van der Waals surface area contributed by atoms with Crippen LogP contribution in [0.4, 0.5) is 8.78 Å². The number of benzene rings is 1. The van der Waals surface area contributed by atoms with Crippen LogP contribution in [0.3, 0.4) is 0 Å². The Balaban J connectivity index is 2.18. The molecule has 0 aliphatic carbocycles. The Hall–Kier alpha value is -2.17. The van der Waals surface area contributed by atoms with Crippen molar-refractivity contribution in [3.63, 3.8) is 0 Å². The Morgan fingerprint density at radius 2 is 1.78 bits per heavy atom. The lowest BCUT2D eigenvalue weighted by molar-refractivity contribution is 0.0987. The predicted molar refractivity (Wildman–Crippen MR) is 61.2 cm³/mol. The van der Waals surface area contributed by atoms with Gasteiger partial charge in [-0.2, -0.15) is 0 Å². The number of aryl methyl sites for hydroxylation is 1. The third-order valence-corrected chi connectivity index (χ3v) is 2.35. The van der Waals surface area contributed by atoms with Gasteiger partial charge in [-0.25, -0.2) is 13.8 Å². The molecule has 0 N–H and O–H groups in total. The zero-order valence-electron chi connectivity index (χ0n) is 9.65. The molecule has 0 bridgehead atoms. The van der Waals surface area contributed by atoms with Crippen molar-refractivity contribution in [3.05, 3.63) is 59.2 Å². The Morgan fingerprint density at radius 3 is 2.33 bits per heavy atom. The number of Topliss-reactive ketones (excluding diaryl/α,β-unsaturated/α-hetero) is 1. The van der Waals surface area contributed by atoms with E-state index in [1.165, 1.54) is 12.4 Å². The van der Waals surface area contributed by atoms with E-state index in [4.69, 9.17) is 0 Å². The molecular formula is C13H10F2N2O. The van der Waals surface area contributed by atoms with Gasteiger partial charge in [0.1, 0.15) is 17.3 Å². The summed E-state index contributed by atoms with van der Waals surface area (Å²) < 4.78 is 25.9. The van der Waals surface area contributed by atoms with Gasteiger partial charge < -0.3 is 0 Å². The summed E-state index contributed by atoms with van der Waals surface area (Å²) in [6.07, 6.45) is 2.72. The zero-order chi connectivity index (χ0) is 13.1. The van der Waals surface area contributed by atoms with Gasteiger partial charge >= 0.3 is 0 Å². The maximum absolute atomic E-state index is 13.0. The average Bonchev–Trinajstić information content (AvgIpc) is 2.28. The number of carbonyl (C=O) groups is 1. The van der Waals surface area contributed by atoms with Gasteiger partial charge in [0.05, 0.1) is 11.9 Å². The standard InChI is InChI=1S/C13H10F2N2O/c1-8-6-17-12(7-16-8)13(18)4-9-2-10(14)5-11(15)3-9/h2-3,5-7H,4H2,1H3. The first kappa shape index (κ1) is 12.3. The minimum Gasteiger partial charge on any atom is -0.292 e. The Morgan fingerprint density at radius 1 is 1.11 bits per heavy atom.